The Morgan fingerprint density at radius 1 is 1.14 bits per heavy atom. The first kappa shape index (κ1) is 20.2. The first-order valence-corrected chi connectivity index (χ1v) is 12.4. The Kier molecular flexibility index (Phi) is 5.83. The Morgan fingerprint density at radius 3 is 2.79 bits per heavy atom. The van der Waals surface area contributed by atoms with Gasteiger partial charge in [-0.1, -0.05) is 12.5 Å². The number of carbonyl (C=O) groups is 1. The molecular weight excluding hydrogens is 388 g/mol. The van der Waals surface area contributed by atoms with Gasteiger partial charge in [-0.25, -0.2) is 8.42 Å². The Labute approximate surface area is 172 Å². The second-order valence-electron chi connectivity index (χ2n) is 8.36. The highest BCUT2D eigenvalue weighted by Gasteiger charge is 2.32. The highest BCUT2D eigenvalue weighted by atomic mass is 32.2. The SMILES string of the molecule is CS(=O)(=O)Nc1cccc2c1ccn2CC(=O)NC[C@@H]1CCCN2CCCC[C@H]12. The lowest BCUT2D eigenvalue weighted by atomic mass is 9.83. The minimum absolute atomic E-state index is 0.00286. The highest BCUT2D eigenvalue weighted by molar-refractivity contribution is 7.92. The van der Waals surface area contributed by atoms with Crippen LogP contribution in [-0.2, 0) is 21.4 Å². The first-order valence-electron chi connectivity index (χ1n) is 10.5. The van der Waals surface area contributed by atoms with Crippen LogP contribution in [0.2, 0.25) is 0 Å². The molecule has 0 unspecified atom stereocenters. The van der Waals surface area contributed by atoms with Crippen LogP contribution in [0.4, 0.5) is 5.69 Å². The molecule has 0 saturated carbocycles. The predicted molar refractivity (Wildman–Crippen MR) is 115 cm³/mol. The number of amides is 1. The van der Waals surface area contributed by atoms with Gasteiger partial charge in [0.25, 0.3) is 0 Å². The summed E-state index contributed by atoms with van der Waals surface area (Å²) >= 11 is 0. The van der Waals surface area contributed by atoms with Gasteiger partial charge >= 0.3 is 0 Å². The van der Waals surface area contributed by atoms with Gasteiger partial charge in [-0.05, 0) is 62.9 Å². The summed E-state index contributed by atoms with van der Waals surface area (Å²) in [6.45, 7) is 3.37. The van der Waals surface area contributed by atoms with E-state index in [0.29, 0.717) is 17.6 Å². The summed E-state index contributed by atoms with van der Waals surface area (Å²) in [6, 6.07) is 7.89. The van der Waals surface area contributed by atoms with E-state index >= 15 is 0 Å². The molecule has 1 amide bonds. The van der Waals surface area contributed by atoms with Crippen molar-refractivity contribution in [3.8, 4) is 0 Å². The van der Waals surface area contributed by atoms with E-state index in [-0.39, 0.29) is 12.5 Å². The number of nitrogens with one attached hydrogen (secondary N) is 2. The van der Waals surface area contributed by atoms with Crippen LogP contribution in [0.3, 0.4) is 0 Å². The van der Waals surface area contributed by atoms with Gasteiger partial charge in [0.2, 0.25) is 15.9 Å². The third kappa shape index (κ3) is 4.75. The van der Waals surface area contributed by atoms with Gasteiger partial charge < -0.3 is 14.8 Å². The number of nitrogens with zero attached hydrogens (tertiary/aromatic N) is 2. The minimum atomic E-state index is -3.36. The smallest absolute Gasteiger partial charge is 0.239 e. The Bertz CT molecular complexity index is 983. The fraction of sp³-hybridized carbons (Fsp3) is 0.571. The predicted octanol–water partition coefficient (Wildman–Crippen LogP) is 2.39. The van der Waals surface area contributed by atoms with Crippen LogP contribution in [0.15, 0.2) is 30.5 Å². The van der Waals surface area contributed by atoms with Crippen LogP contribution in [-0.4, -0.2) is 55.7 Å². The van der Waals surface area contributed by atoms with Crippen molar-refractivity contribution in [3.63, 3.8) is 0 Å². The topological polar surface area (TPSA) is 83.4 Å². The van der Waals surface area contributed by atoms with Crippen LogP contribution < -0.4 is 10.0 Å². The van der Waals surface area contributed by atoms with Gasteiger partial charge in [0, 0.05) is 24.2 Å². The maximum absolute atomic E-state index is 12.6. The van der Waals surface area contributed by atoms with E-state index in [4.69, 9.17) is 0 Å². The Hall–Kier alpha value is -2.06. The molecule has 0 bridgehead atoms. The number of sulfonamides is 1. The van der Waals surface area contributed by atoms with Gasteiger partial charge in [-0.15, -0.1) is 0 Å². The minimum Gasteiger partial charge on any atom is -0.354 e. The largest absolute Gasteiger partial charge is 0.354 e. The molecule has 1 aromatic carbocycles. The van der Waals surface area contributed by atoms with E-state index in [1.165, 1.54) is 45.2 Å². The van der Waals surface area contributed by atoms with E-state index in [0.717, 1.165) is 23.7 Å². The number of benzene rings is 1. The van der Waals surface area contributed by atoms with Crippen LogP contribution in [0, 0.1) is 5.92 Å². The lowest BCUT2D eigenvalue weighted by Crippen LogP contribution is -2.51. The van der Waals surface area contributed by atoms with Crippen molar-refractivity contribution in [3.05, 3.63) is 30.5 Å². The van der Waals surface area contributed by atoms with Crippen molar-refractivity contribution in [1.29, 1.82) is 0 Å². The van der Waals surface area contributed by atoms with Crippen molar-refractivity contribution >= 4 is 32.5 Å². The fourth-order valence-corrected chi connectivity index (χ4v) is 5.50. The summed E-state index contributed by atoms with van der Waals surface area (Å²) in [6.07, 6.45) is 9.22. The fourth-order valence-electron chi connectivity index (χ4n) is 4.92. The standard InChI is InChI=1S/C21H30N4O3S/c1-29(27,28)23-18-7-4-9-20-17(18)10-13-25(20)15-21(26)22-14-16-6-5-12-24-11-3-2-8-19(16)24/h4,7,9-10,13,16,19,23H,2-3,5-6,8,11-12,14-15H2,1H3,(H,22,26)/t16-,19+/m0/s1. The maximum atomic E-state index is 12.6. The molecule has 3 heterocycles. The third-order valence-electron chi connectivity index (χ3n) is 6.21. The molecule has 2 N–H and O–H groups in total. The van der Waals surface area contributed by atoms with Gasteiger partial charge in [-0.2, -0.15) is 0 Å². The quantitative estimate of drug-likeness (QED) is 0.755. The molecule has 1 aromatic heterocycles. The molecular formula is C21H30N4O3S. The molecule has 2 aliphatic rings. The molecule has 2 aliphatic heterocycles. The van der Waals surface area contributed by atoms with Crippen LogP contribution in [0.5, 0.6) is 0 Å². The normalized spacial score (nSPS) is 22.9. The zero-order chi connectivity index (χ0) is 20.4. The molecule has 2 fully saturated rings. The zero-order valence-corrected chi connectivity index (χ0v) is 17.7. The van der Waals surface area contributed by atoms with E-state index < -0.39 is 10.0 Å². The van der Waals surface area contributed by atoms with Crippen molar-refractivity contribution in [1.82, 2.24) is 14.8 Å². The summed E-state index contributed by atoms with van der Waals surface area (Å²) in [5.74, 6) is 0.539. The summed E-state index contributed by atoms with van der Waals surface area (Å²) in [5, 5.41) is 3.93. The van der Waals surface area contributed by atoms with E-state index in [1.807, 2.05) is 22.9 Å². The molecule has 4 rings (SSSR count). The molecule has 158 valence electrons. The lowest BCUT2D eigenvalue weighted by molar-refractivity contribution is -0.122. The molecule has 29 heavy (non-hydrogen) atoms. The number of anilines is 1. The number of rotatable bonds is 6. The number of carbonyl (C=O) groups excluding carboxylic acids is 1. The first-order chi connectivity index (χ1) is 13.9. The molecule has 2 saturated heterocycles. The van der Waals surface area contributed by atoms with Crippen molar-refractivity contribution in [2.45, 2.75) is 44.7 Å². The summed E-state index contributed by atoms with van der Waals surface area (Å²) in [4.78, 5) is 15.2. The molecule has 2 atom stereocenters. The molecule has 2 aromatic rings. The Balaban J connectivity index is 1.40. The number of hydrogen-bond acceptors (Lipinski definition) is 4. The molecule has 0 radical (unpaired) electrons. The summed E-state index contributed by atoms with van der Waals surface area (Å²) in [5.41, 5.74) is 1.37. The van der Waals surface area contributed by atoms with E-state index in [9.17, 15) is 13.2 Å². The monoisotopic (exact) mass is 418 g/mol. The molecule has 7 nitrogen and oxygen atoms in total. The van der Waals surface area contributed by atoms with Crippen molar-refractivity contribution < 1.29 is 13.2 Å². The zero-order valence-electron chi connectivity index (χ0n) is 16.9. The van der Waals surface area contributed by atoms with Crippen molar-refractivity contribution in [2.75, 3.05) is 30.6 Å². The molecule has 0 spiro atoms. The average Bonchev–Trinajstić information content (AvgIpc) is 3.09. The molecule has 8 heteroatoms. The van der Waals surface area contributed by atoms with E-state index in [1.54, 1.807) is 12.1 Å². The second-order valence-corrected chi connectivity index (χ2v) is 10.1. The number of aromatic nitrogens is 1. The van der Waals surface area contributed by atoms with Gasteiger partial charge in [0.05, 0.1) is 17.5 Å². The number of hydrogen-bond donors (Lipinski definition) is 2. The van der Waals surface area contributed by atoms with E-state index in [2.05, 4.69) is 14.9 Å². The highest BCUT2D eigenvalue weighted by Crippen LogP contribution is 2.30. The lowest BCUT2D eigenvalue weighted by Gasteiger charge is -2.44. The molecule has 0 aliphatic carbocycles. The third-order valence-corrected chi connectivity index (χ3v) is 6.80. The van der Waals surface area contributed by atoms with Crippen LogP contribution >= 0.6 is 0 Å². The average molecular weight is 419 g/mol. The maximum Gasteiger partial charge on any atom is 0.239 e. The van der Waals surface area contributed by atoms with Crippen molar-refractivity contribution in [2.24, 2.45) is 5.92 Å². The van der Waals surface area contributed by atoms with Gasteiger partial charge in [0.15, 0.2) is 0 Å². The van der Waals surface area contributed by atoms with Gasteiger partial charge in [-0.3, -0.25) is 9.52 Å². The summed E-state index contributed by atoms with van der Waals surface area (Å²) in [7, 11) is -3.36. The summed E-state index contributed by atoms with van der Waals surface area (Å²) < 4.78 is 27.6. The van der Waals surface area contributed by atoms with Crippen LogP contribution in [0.1, 0.15) is 32.1 Å². The number of fused-ring (bicyclic) bond motifs is 2. The van der Waals surface area contributed by atoms with Crippen LogP contribution in [0.25, 0.3) is 10.9 Å². The number of piperidine rings is 2. The Morgan fingerprint density at radius 2 is 1.97 bits per heavy atom. The van der Waals surface area contributed by atoms with Gasteiger partial charge in [0.1, 0.15) is 6.54 Å². The second kappa shape index (κ2) is 8.36.